The maximum absolute atomic E-state index is 10.8. The van der Waals surface area contributed by atoms with E-state index >= 15 is 0 Å². The third kappa shape index (κ3) is 7.48. The first kappa shape index (κ1) is 24.5. The second-order valence-corrected chi connectivity index (χ2v) is 10.5. The molecule has 32 heavy (non-hydrogen) atoms. The van der Waals surface area contributed by atoms with Gasteiger partial charge in [-0.3, -0.25) is 0 Å². The number of aliphatic hydroxyl groups is 1. The van der Waals surface area contributed by atoms with Gasteiger partial charge in [-0.2, -0.15) is 0 Å². The van der Waals surface area contributed by atoms with Gasteiger partial charge in [-0.15, -0.1) is 0 Å². The van der Waals surface area contributed by atoms with Crippen LogP contribution in [0.3, 0.4) is 0 Å². The standard InChI is InChI=1S/C26H34N2O3S/c1-26(2,16-19-14-21-9-4-5-10-22(21)15-19)27-17-23(29)18-28(3)32-24-11-7-6-8-20(24)12-13-25(30)31/h4-13,19,23,27,29H,14-18H2,1-3H3,(H,30,31)/b13-12+/t23-/m1/s1. The van der Waals surface area contributed by atoms with Gasteiger partial charge in [0.1, 0.15) is 0 Å². The Bertz CT molecular complexity index is 919. The van der Waals surface area contributed by atoms with Crippen molar-refractivity contribution in [3.8, 4) is 0 Å². The van der Waals surface area contributed by atoms with Crippen molar-refractivity contribution >= 4 is 24.0 Å². The van der Waals surface area contributed by atoms with E-state index in [2.05, 4.69) is 43.4 Å². The number of aliphatic hydroxyl groups excluding tert-OH is 1. The van der Waals surface area contributed by atoms with Crippen LogP contribution in [0.1, 0.15) is 37.0 Å². The van der Waals surface area contributed by atoms with E-state index in [4.69, 9.17) is 5.11 Å². The Morgan fingerprint density at radius 2 is 1.81 bits per heavy atom. The molecule has 1 aliphatic carbocycles. The van der Waals surface area contributed by atoms with Gasteiger partial charge in [0, 0.05) is 29.6 Å². The SMILES string of the molecule is CN(C[C@H](O)CNC(C)(C)CC1Cc2ccccc2C1)Sc1ccccc1/C=C/C(=O)O. The van der Waals surface area contributed by atoms with E-state index in [1.165, 1.54) is 23.1 Å². The molecule has 0 spiro atoms. The van der Waals surface area contributed by atoms with Gasteiger partial charge in [0.05, 0.1) is 6.10 Å². The summed E-state index contributed by atoms with van der Waals surface area (Å²) in [5.41, 5.74) is 3.75. The highest BCUT2D eigenvalue weighted by Crippen LogP contribution is 2.32. The van der Waals surface area contributed by atoms with Crippen LogP contribution in [0.5, 0.6) is 0 Å². The zero-order chi connectivity index (χ0) is 23.1. The minimum atomic E-state index is -0.969. The van der Waals surface area contributed by atoms with E-state index in [9.17, 15) is 9.90 Å². The van der Waals surface area contributed by atoms with Crippen molar-refractivity contribution in [2.45, 2.75) is 49.6 Å². The number of hydrogen-bond acceptors (Lipinski definition) is 5. The number of fused-ring (bicyclic) bond motifs is 1. The molecular formula is C26H34N2O3S. The van der Waals surface area contributed by atoms with Crippen LogP contribution in [0.25, 0.3) is 6.08 Å². The predicted octanol–water partition coefficient (Wildman–Crippen LogP) is 4.26. The highest BCUT2D eigenvalue weighted by Gasteiger charge is 2.28. The molecule has 1 atom stereocenters. The van der Waals surface area contributed by atoms with Gasteiger partial charge in [-0.1, -0.05) is 42.5 Å². The fraction of sp³-hybridized carbons (Fsp3) is 0.423. The first-order chi connectivity index (χ1) is 15.2. The van der Waals surface area contributed by atoms with Crippen LogP contribution in [0.15, 0.2) is 59.5 Å². The second-order valence-electron chi connectivity index (χ2n) is 9.28. The molecular weight excluding hydrogens is 420 g/mol. The molecule has 0 saturated heterocycles. The summed E-state index contributed by atoms with van der Waals surface area (Å²) in [5, 5.41) is 23.0. The van der Waals surface area contributed by atoms with Gasteiger partial charge in [0.15, 0.2) is 0 Å². The molecule has 0 radical (unpaired) electrons. The highest BCUT2D eigenvalue weighted by atomic mass is 32.2. The highest BCUT2D eigenvalue weighted by molar-refractivity contribution is 7.97. The molecule has 0 unspecified atom stereocenters. The van der Waals surface area contributed by atoms with Crippen molar-refractivity contribution in [3.63, 3.8) is 0 Å². The van der Waals surface area contributed by atoms with Crippen molar-refractivity contribution in [3.05, 3.63) is 71.3 Å². The molecule has 0 bridgehead atoms. The summed E-state index contributed by atoms with van der Waals surface area (Å²) in [6.45, 7) is 5.45. The predicted molar refractivity (Wildman–Crippen MR) is 132 cm³/mol. The number of rotatable bonds is 11. The van der Waals surface area contributed by atoms with Gasteiger partial charge < -0.3 is 15.5 Å². The number of likely N-dealkylation sites (N-methyl/N-ethyl adjacent to an activating group) is 1. The maximum Gasteiger partial charge on any atom is 0.328 e. The fourth-order valence-electron chi connectivity index (χ4n) is 4.41. The average molecular weight is 455 g/mol. The normalized spacial score (nSPS) is 15.4. The van der Waals surface area contributed by atoms with E-state index < -0.39 is 12.1 Å². The lowest BCUT2D eigenvalue weighted by molar-refractivity contribution is -0.131. The lowest BCUT2D eigenvalue weighted by Gasteiger charge is -2.31. The van der Waals surface area contributed by atoms with Crippen LogP contribution >= 0.6 is 11.9 Å². The van der Waals surface area contributed by atoms with Crippen molar-refractivity contribution in [2.75, 3.05) is 20.1 Å². The van der Waals surface area contributed by atoms with Crippen LogP contribution in [0.4, 0.5) is 0 Å². The largest absolute Gasteiger partial charge is 0.478 e. The molecule has 2 aromatic carbocycles. The molecule has 1 aliphatic rings. The summed E-state index contributed by atoms with van der Waals surface area (Å²) in [4.78, 5) is 11.8. The van der Waals surface area contributed by atoms with Crippen LogP contribution in [-0.2, 0) is 17.6 Å². The monoisotopic (exact) mass is 454 g/mol. The number of carboxylic acid groups (broad SMARTS) is 1. The van der Waals surface area contributed by atoms with Crippen molar-refractivity contribution < 1.29 is 15.0 Å². The molecule has 0 heterocycles. The van der Waals surface area contributed by atoms with E-state index in [1.54, 1.807) is 6.08 Å². The Morgan fingerprint density at radius 1 is 1.19 bits per heavy atom. The van der Waals surface area contributed by atoms with Crippen LogP contribution < -0.4 is 5.32 Å². The van der Waals surface area contributed by atoms with E-state index in [-0.39, 0.29) is 5.54 Å². The van der Waals surface area contributed by atoms with Crippen LogP contribution in [0, 0.1) is 5.92 Å². The third-order valence-corrected chi connectivity index (χ3v) is 6.83. The molecule has 0 fully saturated rings. The number of benzene rings is 2. The molecule has 3 rings (SSSR count). The van der Waals surface area contributed by atoms with Gasteiger partial charge in [0.2, 0.25) is 0 Å². The topological polar surface area (TPSA) is 72.8 Å². The Morgan fingerprint density at radius 3 is 2.47 bits per heavy atom. The Labute approximate surface area is 195 Å². The molecule has 0 saturated carbocycles. The Balaban J connectivity index is 1.45. The lowest BCUT2D eigenvalue weighted by Crippen LogP contribution is -2.46. The summed E-state index contributed by atoms with van der Waals surface area (Å²) in [6.07, 6.45) is 5.58. The molecule has 2 aromatic rings. The number of carbonyl (C=O) groups is 1. The van der Waals surface area contributed by atoms with Gasteiger partial charge in [0.25, 0.3) is 0 Å². The zero-order valence-electron chi connectivity index (χ0n) is 19.1. The molecule has 0 aromatic heterocycles. The molecule has 172 valence electrons. The molecule has 6 heteroatoms. The summed E-state index contributed by atoms with van der Waals surface area (Å²) in [6, 6.07) is 16.4. The summed E-state index contributed by atoms with van der Waals surface area (Å²) in [7, 11) is 1.94. The fourth-order valence-corrected chi connectivity index (χ4v) is 5.37. The first-order valence-electron chi connectivity index (χ1n) is 11.1. The van der Waals surface area contributed by atoms with E-state index in [0.29, 0.717) is 19.0 Å². The number of β-amino-alcohol motifs (C(OH)–C–C–N with tert-alkyl or cyclic N) is 1. The minimum Gasteiger partial charge on any atom is -0.478 e. The third-order valence-electron chi connectivity index (χ3n) is 5.80. The molecule has 0 aliphatic heterocycles. The molecule has 3 N–H and O–H groups in total. The summed E-state index contributed by atoms with van der Waals surface area (Å²) < 4.78 is 1.99. The van der Waals surface area contributed by atoms with Gasteiger partial charge >= 0.3 is 5.97 Å². The maximum atomic E-state index is 10.8. The second kappa shape index (κ2) is 11.1. The molecule has 0 amide bonds. The smallest absolute Gasteiger partial charge is 0.328 e. The van der Waals surface area contributed by atoms with Gasteiger partial charge in [-0.25, -0.2) is 9.10 Å². The Kier molecular flexibility index (Phi) is 8.54. The number of hydrogen-bond donors (Lipinski definition) is 3. The summed E-state index contributed by atoms with van der Waals surface area (Å²) >= 11 is 1.50. The minimum absolute atomic E-state index is 0.0480. The average Bonchev–Trinajstić information content (AvgIpc) is 3.13. The van der Waals surface area contributed by atoms with Crippen LogP contribution in [0.2, 0.25) is 0 Å². The molecule has 5 nitrogen and oxygen atoms in total. The zero-order valence-corrected chi connectivity index (χ0v) is 19.9. The van der Waals surface area contributed by atoms with Crippen molar-refractivity contribution in [1.82, 2.24) is 9.62 Å². The number of nitrogens with one attached hydrogen (secondary N) is 1. The first-order valence-corrected chi connectivity index (χ1v) is 11.9. The van der Waals surface area contributed by atoms with Gasteiger partial charge in [-0.05, 0) is 86.9 Å². The van der Waals surface area contributed by atoms with E-state index in [1.807, 2.05) is 35.6 Å². The number of carboxylic acids is 1. The van der Waals surface area contributed by atoms with Crippen molar-refractivity contribution in [2.24, 2.45) is 5.92 Å². The lowest BCUT2D eigenvalue weighted by atomic mass is 9.88. The number of aliphatic carboxylic acids is 1. The van der Waals surface area contributed by atoms with E-state index in [0.717, 1.165) is 35.8 Å². The quantitative estimate of drug-likeness (QED) is 0.348. The van der Waals surface area contributed by atoms with Crippen molar-refractivity contribution in [1.29, 1.82) is 0 Å². The Hall–Kier alpha value is -2.12. The van der Waals surface area contributed by atoms with Crippen LogP contribution in [-0.4, -0.2) is 52.3 Å². The number of nitrogens with zero attached hydrogens (tertiary/aromatic N) is 1. The summed E-state index contributed by atoms with van der Waals surface area (Å²) in [5.74, 6) is -0.329.